The van der Waals surface area contributed by atoms with E-state index in [1.807, 2.05) is 5.32 Å². The molecule has 0 aromatic carbocycles. The van der Waals surface area contributed by atoms with Gasteiger partial charge in [0.2, 0.25) is 0 Å². The van der Waals surface area contributed by atoms with Gasteiger partial charge in [-0.1, -0.05) is 0 Å². The largest absolute Gasteiger partial charge is 0.454 e. The fourth-order valence-electron chi connectivity index (χ4n) is 1.60. The number of rotatable bonds is 5. The Kier molecular flexibility index (Phi) is 5.44. The molecule has 1 heterocycles. The van der Waals surface area contributed by atoms with Gasteiger partial charge in [-0.25, -0.2) is 9.59 Å². The molecule has 22 heavy (non-hydrogen) atoms. The molecule has 0 unspecified atom stereocenters. The summed E-state index contributed by atoms with van der Waals surface area (Å²) in [6.07, 6.45) is -0.959. The van der Waals surface area contributed by atoms with Crippen molar-refractivity contribution in [2.75, 3.05) is 19.8 Å². The minimum Gasteiger partial charge on any atom is -0.454 e. The lowest BCUT2D eigenvalue weighted by Crippen LogP contribution is -2.41. The van der Waals surface area contributed by atoms with Crippen molar-refractivity contribution in [2.24, 2.45) is 0 Å². The van der Waals surface area contributed by atoms with Gasteiger partial charge in [0.25, 0.3) is 11.8 Å². The molecule has 1 fully saturated rings. The Morgan fingerprint density at radius 2 is 1.86 bits per heavy atom. The second-order valence-electron chi connectivity index (χ2n) is 4.88. The zero-order valence-corrected chi connectivity index (χ0v) is 12.4. The molecular formula is C12H17N3O7. The maximum atomic E-state index is 11.8. The minimum absolute atomic E-state index is 0.0842. The first-order valence-corrected chi connectivity index (χ1v) is 6.43. The van der Waals surface area contributed by atoms with Gasteiger partial charge in [-0.2, -0.15) is 0 Å². The SMILES string of the molecule is CCOC(=O)NC(=O)COC(=O)CN1C(=O)NC(C)(C)C1=O. The van der Waals surface area contributed by atoms with Gasteiger partial charge in [0.15, 0.2) is 6.61 Å². The molecule has 10 nitrogen and oxygen atoms in total. The van der Waals surface area contributed by atoms with E-state index in [0.717, 1.165) is 0 Å². The number of hydrogen-bond donors (Lipinski definition) is 2. The number of hydrogen-bond acceptors (Lipinski definition) is 7. The van der Waals surface area contributed by atoms with E-state index in [4.69, 9.17) is 0 Å². The van der Waals surface area contributed by atoms with Gasteiger partial charge >= 0.3 is 18.1 Å². The highest BCUT2D eigenvalue weighted by atomic mass is 16.6. The third-order valence-electron chi connectivity index (χ3n) is 2.61. The number of ether oxygens (including phenoxy) is 2. The molecule has 0 atom stereocenters. The van der Waals surface area contributed by atoms with Crippen LogP contribution in [0.1, 0.15) is 20.8 Å². The number of nitrogens with zero attached hydrogens (tertiary/aromatic N) is 1. The Balaban J connectivity index is 2.41. The summed E-state index contributed by atoms with van der Waals surface area (Å²) < 4.78 is 9.04. The zero-order valence-electron chi connectivity index (χ0n) is 12.4. The summed E-state index contributed by atoms with van der Waals surface area (Å²) in [6.45, 7) is 3.27. The molecule has 2 N–H and O–H groups in total. The second-order valence-corrected chi connectivity index (χ2v) is 4.88. The lowest BCUT2D eigenvalue weighted by Gasteiger charge is -2.15. The lowest BCUT2D eigenvalue weighted by molar-refractivity contribution is -0.150. The van der Waals surface area contributed by atoms with Gasteiger partial charge in [-0.05, 0) is 20.8 Å². The third-order valence-corrected chi connectivity index (χ3v) is 2.61. The highest BCUT2D eigenvalue weighted by Gasteiger charge is 2.45. The molecule has 122 valence electrons. The highest BCUT2D eigenvalue weighted by Crippen LogP contribution is 2.16. The molecule has 1 aliphatic rings. The van der Waals surface area contributed by atoms with Crippen molar-refractivity contribution >= 4 is 29.9 Å². The molecule has 0 aromatic heterocycles. The van der Waals surface area contributed by atoms with Crippen LogP contribution in [0.4, 0.5) is 9.59 Å². The van der Waals surface area contributed by atoms with Gasteiger partial charge in [0, 0.05) is 0 Å². The fraction of sp³-hybridized carbons (Fsp3) is 0.583. The van der Waals surface area contributed by atoms with E-state index in [0.29, 0.717) is 4.90 Å². The summed E-state index contributed by atoms with van der Waals surface area (Å²) in [5, 5.41) is 4.22. The normalized spacial score (nSPS) is 16.0. The average Bonchev–Trinajstić information content (AvgIpc) is 2.59. The molecule has 0 aliphatic carbocycles. The zero-order chi connectivity index (χ0) is 16.9. The fourth-order valence-corrected chi connectivity index (χ4v) is 1.60. The van der Waals surface area contributed by atoms with Gasteiger partial charge in [0.1, 0.15) is 12.1 Å². The van der Waals surface area contributed by atoms with Crippen LogP contribution in [0.15, 0.2) is 0 Å². The van der Waals surface area contributed by atoms with Crippen molar-refractivity contribution in [3.8, 4) is 0 Å². The molecule has 0 saturated carbocycles. The molecule has 0 spiro atoms. The second kappa shape index (κ2) is 6.87. The summed E-state index contributed by atoms with van der Waals surface area (Å²) in [4.78, 5) is 57.8. The van der Waals surface area contributed by atoms with Crippen molar-refractivity contribution in [1.82, 2.24) is 15.5 Å². The van der Waals surface area contributed by atoms with Crippen molar-refractivity contribution < 1.29 is 33.4 Å². The number of amides is 5. The quantitative estimate of drug-likeness (QED) is 0.498. The van der Waals surface area contributed by atoms with Crippen LogP contribution in [0.5, 0.6) is 0 Å². The summed E-state index contributed by atoms with van der Waals surface area (Å²) in [7, 11) is 0. The van der Waals surface area contributed by atoms with E-state index >= 15 is 0 Å². The first-order valence-electron chi connectivity index (χ1n) is 6.43. The van der Waals surface area contributed by atoms with Crippen LogP contribution in [0.3, 0.4) is 0 Å². The number of esters is 1. The average molecular weight is 315 g/mol. The van der Waals surface area contributed by atoms with Crippen LogP contribution < -0.4 is 10.6 Å². The lowest BCUT2D eigenvalue weighted by atomic mass is 10.1. The van der Waals surface area contributed by atoms with Crippen LogP contribution in [0, 0.1) is 0 Å². The summed E-state index contributed by atoms with van der Waals surface area (Å²) in [5.41, 5.74) is -1.10. The minimum atomic E-state index is -1.10. The first kappa shape index (κ1) is 17.4. The van der Waals surface area contributed by atoms with Crippen molar-refractivity contribution in [2.45, 2.75) is 26.3 Å². The van der Waals surface area contributed by atoms with Crippen LogP contribution >= 0.6 is 0 Å². The number of nitrogens with one attached hydrogen (secondary N) is 2. The molecule has 5 amide bonds. The van der Waals surface area contributed by atoms with E-state index in [1.54, 1.807) is 6.92 Å². The standard InChI is InChI=1S/C12H17N3O7/c1-4-21-11(20)13-7(16)6-22-8(17)5-15-9(18)12(2,3)14-10(15)19/h4-6H2,1-3H3,(H,14,19)(H,13,16,20). The number of carbonyl (C=O) groups is 5. The Hall–Kier alpha value is -2.65. The van der Waals surface area contributed by atoms with Crippen molar-refractivity contribution in [3.63, 3.8) is 0 Å². The van der Waals surface area contributed by atoms with Gasteiger partial charge in [-0.15, -0.1) is 0 Å². The third kappa shape index (κ3) is 4.43. The molecule has 0 radical (unpaired) electrons. The Morgan fingerprint density at radius 1 is 1.23 bits per heavy atom. The van der Waals surface area contributed by atoms with Crippen molar-refractivity contribution in [3.05, 3.63) is 0 Å². The monoisotopic (exact) mass is 315 g/mol. The van der Waals surface area contributed by atoms with Gasteiger partial charge in [0.05, 0.1) is 6.61 Å². The van der Waals surface area contributed by atoms with Crippen molar-refractivity contribution in [1.29, 1.82) is 0 Å². The predicted molar refractivity (Wildman–Crippen MR) is 70.4 cm³/mol. The van der Waals surface area contributed by atoms with E-state index in [9.17, 15) is 24.0 Å². The molecule has 10 heteroatoms. The number of alkyl carbamates (subject to hydrolysis) is 1. The van der Waals surface area contributed by atoms with E-state index in [2.05, 4.69) is 14.8 Å². The maximum Gasteiger partial charge on any atom is 0.413 e. The van der Waals surface area contributed by atoms with E-state index in [-0.39, 0.29) is 6.61 Å². The first-order chi connectivity index (χ1) is 10.2. The summed E-state index contributed by atoms with van der Waals surface area (Å²) in [5.74, 6) is -2.42. The summed E-state index contributed by atoms with van der Waals surface area (Å²) in [6, 6.07) is -0.720. The Bertz CT molecular complexity index is 515. The molecular weight excluding hydrogens is 298 g/mol. The Morgan fingerprint density at radius 3 is 2.36 bits per heavy atom. The molecule has 1 rings (SSSR count). The smallest absolute Gasteiger partial charge is 0.413 e. The Labute approximate surface area is 126 Å². The summed E-state index contributed by atoms with van der Waals surface area (Å²) >= 11 is 0. The topological polar surface area (TPSA) is 131 Å². The maximum absolute atomic E-state index is 11.8. The highest BCUT2D eigenvalue weighted by molar-refractivity contribution is 6.08. The van der Waals surface area contributed by atoms with Crippen LogP contribution in [-0.2, 0) is 23.9 Å². The number of carbonyl (C=O) groups excluding carboxylic acids is 5. The van der Waals surface area contributed by atoms with Gasteiger partial charge in [-0.3, -0.25) is 24.6 Å². The molecule has 0 bridgehead atoms. The predicted octanol–water partition coefficient (Wildman–Crippen LogP) is -0.867. The number of imide groups is 2. The van der Waals surface area contributed by atoms with Crippen LogP contribution in [-0.4, -0.2) is 60.1 Å². The van der Waals surface area contributed by atoms with Crippen LogP contribution in [0.25, 0.3) is 0 Å². The number of urea groups is 1. The molecule has 0 aromatic rings. The molecule has 1 aliphatic heterocycles. The van der Waals surface area contributed by atoms with E-state index in [1.165, 1.54) is 13.8 Å². The van der Waals surface area contributed by atoms with E-state index < -0.39 is 48.6 Å². The molecule has 1 saturated heterocycles. The van der Waals surface area contributed by atoms with Gasteiger partial charge < -0.3 is 14.8 Å². The van der Waals surface area contributed by atoms with Crippen LogP contribution in [0.2, 0.25) is 0 Å².